The molecule has 0 bridgehead atoms. The summed E-state index contributed by atoms with van der Waals surface area (Å²) in [5.41, 5.74) is 3.01. The van der Waals surface area contributed by atoms with Crippen LogP contribution in [0.15, 0.2) is 34.8 Å². The zero-order chi connectivity index (χ0) is 17.3. The highest BCUT2D eigenvalue weighted by Crippen LogP contribution is 2.31. The van der Waals surface area contributed by atoms with E-state index in [1.165, 1.54) is 35.7 Å². The smallest absolute Gasteiger partial charge is 0.302 e. The Kier molecular flexibility index (Phi) is 4.64. The minimum Gasteiger partial charge on any atom is -0.302 e. The van der Waals surface area contributed by atoms with E-state index < -0.39 is 12.0 Å². The molecular weight excluding hydrogens is 357 g/mol. The van der Waals surface area contributed by atoms with Crippen molar-refractivity contribution in [2.24, 2.45) is 7.05 Å². The van der Waals surface area contributed by atoms with E-state index >= 15 is 0 Å². The first kappa shape index (κ1) is 17.0. The maximum absolute atomic E-state index is 12.7. The molecule has 2 heterocycles. The van der Waals surface area contributed by atoms with Crippen molar-refractivity contribution < 1.29 is 13.2 Å². The van der Waals surface area contributed by atoms with Crippen molar-refractivity contribution in [3.8, 4) is 10.6 Å². The lowest BCUT2D eigenvalue weighted by Crippen LogP contribution is -2.12. The minimum absolute atomic E-state index is 0.215. The molecule has 0 saturated carbocycles. The number of halogens is 3. The third-order valence-electron chi connectivity index (χ3n) is 3.29. The van der Waals surface area contributed by atoms with E-state index in [2.05, 4.69) is 15.2 Å². The summed E-state index contributed by atoms with van der Waals surface area (Å²) in [6, 6.07) is 8.04. The van der Waals surface area contributed by atoms with Crippen molar-refractivity contribution in [3.05, 3.63) is 46.7 Å². The van der Waals surface area contributed by atoms with E-state index in [9.17, 15) is 13.2 Å². The molecule has 0 fully saturated rings. The van der Waals surface area contributed by atoms with Crippen LogP contribution in [0.4, 0.5) is 13.2 Å². The zero-order valence-electron chi connectivity index (χ0n) is 12.8. The van der Waals surface area contributed by atoms with Crippen LogP contribution in [0, 0.1) is 6.92 Å². The van der Waals surface area contributed by atoms with Gasteiger partial charge in [0.05, 0.1) is 5.69 Å². The number of rotatable bonds is 4. The van der Waals surface area contributed by atoms with E-state index in [4.69, 9.17) is 0 Å². The van der Waals surface area contributed by atoms with Gasteiger partial charge in [-0.2, -0.15) is 13.2 Å². The fraction of sp³-hybridized carbons (Fsp3) is 0.267. The first-order valence-electron chi connectivity index (χ1n) is 6.95. The predicted molar refractivity (Wildman–Crippen MR) is 87.9 cm³/mol. The van der Waals surface area contributed by atoms with E-state index in [0.717, 1.165) is 20.8 Å². The number of hydrogen-bond donors (Lipinski definition) is 0. The molecule has 9 heteroatoms. The molecule has 0 amide bonds. The van der Waals surface area contributed by atoms with Gasteiger partial charge in [0, 0.05) is 23.7 Å². The number of aromatic nitrogens is 4. The zero-order valence-corrected chi connectivity index (χ0v) is 14.5. The fourth-order valence-corrected chi connectivity index (χ4v) is 3.76. The van der Waals surface area contributed by atoms with Gasteiger partial charge in [0.1, 0.15) is 5.01 Å². The maximum atomic E-state index is 12.7. The molecule has 2 aromatic heterocycles. The van der Waals surface area contributed by atoms with Crippen LogP contribution >= 0.6 is 23.1 Å². The molecule has 0 aliphatic carbocycles. The van der Waals surface area contributed by atoms with Crippen LogP contribution in [-0.2, 0) is 19.0 Å². The second kappa shape index (κ2) is 6.56. The Labute approximate surface area is 144 Å². The van der Waals surface area contributed by atoms with Crippen molar-refractivity contribution >= 4 is 23.1 Å². The molecule has 0 unspecified atom stereocenters. The predicted octanol–water partition coefficient (Wildman–Crippen LogP) is 4.56. The Morgan fingerprint density at radius 3 is 2.50 bits per heavy atom. The lowest BCUT2D eigenvalue weighted by atomic mass is 10.2. The Bertz CT molecular complexity index is 837. The normalized spacial score (nSPS) is 11.9. The molecule has 0 saturated heterocycles. The summed E-state index contributed by atoms with van der Waals surface area (Å²) in [5, 5.41) is 9.82. The fourth-order valence-electron chi connectivity index (χ4n) is 2.03. The highest BCUT2D eigenvalue weighted by atomic mass is 32.2. The highest BCUT2D eigenvalue weighted by Gasteiger charge is 2.37. The van der Waals surface area contributed by atoms with Crippen LogP contribution in [0.3, 0.4) is 0 Å². The van der Waals surface area contributed by atoms with E-state index in [0.29, 0.717) is 5.75 Å². The molecule has 0 aliphatic heterocycles. The first-order valence-corrected chi connectivity index (χ1v) is 8.82. The van der Waals surface area contributed by atoms with Gasteiger partial charge < -0.3 is 4.57 Å². The third-order valence-corrected chi connectivity index (χ3v) is 5.28. The van der Waals surface area contributed by atoms with Crippen LogP contribution in [0.1, 0.15) is 17.1 Å². The van der Waals surface area contributed by atoms with Crippen molar-refractivity contribution in [1.29, 1.82) is 0 Å². The number of aryl methyl sites for hydroxylation is 1. The quantitative estimate of drug-likeness (QED) is 0.632. The third kappa shape index (κ3) is 3.62. The number of thiazole rings is 1. The van der Waals surface area contributed by atoms with Gasteiger partial charge in [0.15, 0.2) is 5.16 Å². The summed E-state index contributed by atoms with van der Waals surface area (Å²) in [4.78, 5) is 4.53. The molecule has 3 aromatic rings. The maximum Gasteiger partial charge on any atom is 0.451 e. The molecule has 126 valence electrons. The Morgan fingerprint density at radius 1 is 1.17 bits per heavy atom. The van der Waals surface area contributed by atoms with Crippen molar-refractivity contribution in [1.82, 2.24) is 19.7 Å². The Morgan fingerprint density at radius 2 is 1.88 bits per heavy atom. The molecule has 1 aromatic carbocycles. The summed E-state index contributed by atoms with van der Waals surface area (Å²) < 4.78 is 39.1. The standard InChI is InChI=1S/C15H13F3N4S2/c1-9-3-5-10(6-4-9)12-19-11(7-23-12)8-24-14-21-20-13(22(14)2)15(16,17)18/h3-7H,8H2,1-2H3. The molecule has 0 radical (unpaired) electrons. The van der Waals surface area contributed by atoms with E-state index in [1.54, 1.807) is 0 Å². The number of thioether (sulfide) groups is 1. The van der Waals surface area contributed by atoms with Gasteiger partial charge >= 0.3 is 6.18 Å². The Hall–Kier alpha value is -1.87. The van der Waals surface area contributed by atoms with Crippen LogP contribution in [0.25, 0.3) is 10.6 Å². The number of benzene rings is 1. The Balaban J connectivity index is 1.70. The average Bonchev–Trinajstić information content (AvgIpc) is 3.12. The largest absolute Gasteiger partial charge is 0.451 e. The molecule has 0 aliphatic rings. The minimum atomic E-state index is -4.50. The lowest BCUT2D eigenvalue weighted by Gasteiger charge is -2.05. The molecule has 3 rings (SSSR count). The second-order valence-electron chi connectivity index (χ2n) is 5.16. The molecule has 4 nitrogen and oxygen atoms in total. The molecule has 24 heavy (non-hydrogen) atoms. The van der Waals surface area contributed by atoms with Crippen LogP contribution < -0.4 is 0 Å². The summed E-state index contributed by atoms with van der Waals surface area (Å²) in [5.74, 6) is -0.560. The monoisotopic (exact) mass is 370 g/mol. The van der Waals surface area contributed by atoms with Gasteiger partial charge in [-0.15, -0.1) is 21.5 Å². The first-order chi connectivity index (χ1) is 11.3. The average molecular weight is 370 g/mol. The molecular formula is C15H13F3N4S2. The topological polar surface area (TPSA) is 43.6 Å². The lowest BCUT2D eigenvalue weighted by molar-refractivity contribution is -0.147. The molecule has 0 N–H and O–H groups in total. The van der Waals surface area contributed by atoms with Crippen LogP contribution in [-0.4, -0.2) is 19.7 Å². The van der Waals surface area contributed by atoms with Gasteiger partial charge in [-0.1, -0.05) is 41.6 Å². The number of hydrogen-bond acceptors (Lipinski definition) is 5. The van der Waals surface area contributed by atoms with Gasteiger partial charge in [0.2, 0.25) is 5.82 Å². The summed E-state index contributed by atoms with van der Waals surface area (Å²) >= 11 is 2.69. The summed E-state index contributed by atoms with van der Waals surface area (Å²) in [6.45, 7) is 2.02. The SMILES string of the molecule is Cc1ccc(-c2nc(CSc3nnc(C(F)(F)F)n3C)cs2)cc1. The van der Waals surface area contributed by atoms with E-state index in [-0.39, 0.29) is 5.16 Å². The second-order valence-corrected chi connectivity index (χ2v) is 6.96. The molecule has 0 spiro atoms. The van der Waals surface area contributed by atoms with Gasteiger partial charge in [-0.05, 0) is 6.92 Å². The van der Waals surface area contributed by atoms with Crippen LogP contribution in [0.5, 0.6) is 0 Å². The van der Waals surface area contributed by atoms with E-state index in [1.807, 2.05) is 36.6 Å². The van der Waals surface area contributed by atoms with Crippen LogP contribution in [0.2, 0.25) is 0 Å². The van der Waals surface area contributed by atoms with Crippen molar-refractivity contribution in [3.63, 3.8) is 0 Å². The summed E-state index contributed by atoms with van der Waals surface area (Å²) in [6.07, 6.45) is -4.50. The van der Waals surface area contributed by atoms with Gasteiger partial charge in [0.25, 0.3) is 0 Å². The molecule has 0 atom stereocenters. The summed E-state index contributed by atoms with van der Waals surface area (Å²) in [7, 11) is 1.31. The highest BCUT2D eigenvalue weighted by molar-refractivity contribution is 7.98. The van der Waals surface area contributed by atoms with Crippen molar-refractivity contribution in [2.75, 3.05) is 0 Å². The number of alkyl halides is 3. The van der Waals surface area contributed by atoms with Gasteiger partial charge in [-0.25, -0.2) is 4.98 Å². The number of nitrogens with zero attached hydrogens (tertiary/aromatic N) is 4. The van der Waals surface area contributed by atoms with Gasteiger partial charge in [-0.3, -0.25) is 0 Å². The van der Waals surface area contributed by atoms with Crippen molar-refractivity contribution in [2.45, 2.75) is 24.0 Å².